The van der Waals surface area contributed by atoms with Crippen LogP contribution in [-0.2, 0) is 14.8 Å². The van der Waals surface area contributed by atoms with Crippen molar-refractivity contribution in [1.82, 2.24) is 14.1 Å². The number of piperazine rings is 1. The fraction of sp³-hybridized carbons (Fsp3) is 0.923. The van der Waals surface area contributed by atoms with Gasteiger partial charge in [-0.1, -0.05) is 13.8 Å². The van der Waals surface area contributed by atoms with Crippen molar-refractivity contribution in [2.75, 3.05) is 52.6 Å². The molecule has 0 aliphatic carbocycles. The predicted molar refractivity (Wildman–Crippen MR) is 79.9 cm³/mol. The zero-order valence-electron chi connectivity index (χ0n) is 13.0. The van der Waals surface area contributed by atoms with Crippen LogP contribution in [0.25, 0.3) is 0 Å². The van der Waals surface area contributed by atoms with Crippen molar-refractivity contribution < 1.29 is 13.2 Å². The fourth-order valence-electron chi connectivity index (χ4n) is 2.07. The van der Waals surface area contributed by atoms with Crippen LogP contribution >= 0.6 is 0 Å². The second kappa shape index (κ2) is 7.38. The van der Waals surface area contributed by atoms with Crippen LogP contribution in [0.1, 0.15) is 20.3 Å². The maximum Gasteiger partial charge on any atom is 0.237 e. The number of likely N-dealkylation sites (N-methyl/N-ethyl adjacent to an activating group) is 1. The van der Waals surface area contributed by atoms with E-state index >= 15 is 0 Å². The van der Waals surface area contributed by atoms with Crippen molar-refractivity contribution in [3.05, 3.63) is 0 Å². The van der Waals surface area contributed by atoms with Gasteiger partial charge in [0.15, 0.2) is 0 Å². The first-order valence-corrected chi connectivity index (χ1v) is 8.96. The summed E-state index contributed by atoms with van der Waals surface area (Å²) in [5.74, 6) is 0.324. The minimum atomic E-state index is -3.33. The van der Waals surface area contributed by atoms with Crippen molar-refractivity contribution in [3.8, 4) is 0 Å². The summed E-state index contributed by atoms with van der Waals surface area (Å²) in [6.45, 7) is 7.51. The first kappa shape index (κ1) is 17.4. The molecule has 0 spiro atoms. The molecule has 6 nitrogen and oxygen atoms in total. The summed E-state index contributed by atoms with van der Waals surface area (Å²) in [6.07, 6.45) is 1.94. The molecule has 0 unspecified atom stereocenters. The topological polar surface area (TPSA) is 60.9 Å². The molecule has 0 aromatic heterocycles. The van der Waals surface area contributed by atoms with E-state index in [1.165, 1.54) is 10.6 Å². The highest BCUT2D eigenvalue weighted by Crippen LogP contribution is 2.08. The summed E-state index contributed by atoms with van der Waals surface area (Å²) in [5.41, 5.74) is 0. The molecular weight excluding hydrogens is 278 g/mol. The molecule has 1 heterocycles. The van der Waals surface area contributed by atoms with Gasteiger partial charge in [0.2, 0.25) is 15.9 Å². The van der Waals surface area contributed by atoms with Crippen LogP contribution in [-0.4, -0.2) is 81.0 Å². The Balaban J connectivity index is 2.58. The number of amides is 1. The molecule has 0 saturated carbocycles. The summed E-state index contributed by atoms with van der Waals surface area (Å²) in [6, 6.07) is 0. The molecule has 1 aliphatic rings. The lowest BCUT2D eigenvalue weighted by atomic mass is 10.1. The first-order valence-electron chi connectivity index (χ1n) is 7.11. The van der Waals surface area contributed by atoms with Gasteiger partial charge in [0, 0.05) is 32.7 Å². The van der Waals surface area contributed by atoms with Crippen LogP contribution in [0.2, 0.25) is 0 Å². The van der Waals surface area contributed by atoms with Crippen molar-refractivity contribution in [1.29, 1.82) is 0 Å². The normalized spacial score (nSPS) is 18.0. The van der Waals surface area contributed by atoms with E-state index in [0.29, 0.717) is 25.6 Å². The van der Waals surface area contributed by atoms with Crippen molar-refractivity contribution in [2.45, 2.75) is 20.3 Å². The number of rotatable bonds is 6. The Labute approximate surface area is 122 Å². The zero-order chi connectivity index (χ0) is 15.3. The predicted octanol–water partition coefficient (Wildman–Crippen LogP) is 0.0681. The van der Waals surface area contributed by atoms with Gasteiger partial charge in [-0.05, 0) is 19.4 Å². The van der Waals surface area contributed by atoms with E-state index in [0.717, 1.165) is 19.5 Å². The highest BCUT2D eigenvalue weighted by Gasteiger charge is 2.25. The van der Waals surface area contributed by atoms with E-state index in [1.54, 1.807) is 4.90 Å². The minimum Gasteiger partial charge on any atom is -0.339 e. The van der Waals surface area contributed by atoms with Gasteiger partial charge in [0.05, 0.1) is 12.8 Å². The Morgan fingerprint density at radius 2 is 1.75 bits per heavy atom. The molecular formula is C13H27N3O3S. The van der Waals surface area contributed by atoms with E-state index < -0.39 is 10.0 Å². The zero-order valence-corrected chi connectivity index (χ0v) is 13.8. The van der Waals surface area contributed by atoms with Gasteiger partial charge in [0.25, 0.3) is 0 Å². The lowest BCUT2D eigenvalue weighted by Crippen LogP contribution is -2.50. The Morgan fingerprint density at radius 3 is 2.20 bits per heavy atom. The Bertz CT molecular complexity index is 415. The van der Waals surface area contributed by atoms with Gasteiger partial charge < -0.3 is 9.80 Å². The van der Waals surface area contributed by atoms with Crippen molar-refractivity contribution in [3.63, 3.8) is 0 Å². The van der Waals surface area contributed by atoms with Crippen molar-refractivity contribution >= 4 is 15.9 Å². The second-order valence-electron chi connectivity index (χ2n) is 5.96. The largest absolute Gasteiger partial charge is 0.339 e. The molecule has 1 amide bonds. The van der Waals surface area contributed by atoms with Gasteiger partial charge in [0.1, 0.15) is 0 Å². The standard InChI is InChI=1S/C13H27N3O3S/c1-12(2)5-6-16(20(4,18)19)11-13(17)15-9-7-14(3)8-10-15/h12H,5-11H2,1-4H3. The van der Waals surface area contributed by atoms with Gasteiger partial charge in [-0.15, -0.1) is 0 Å². The van der Waals surface area contributed by atoms with E-state index in [9.17, 15) is 13.2 Å². The summed E-state index contributed by atoms with van der Waals surface area (Å²) >= 11 is 0. The molecule has 20 heavy (non-hydrogen) atoms. The molecule has 0 N–H and O–H groups in total. The Morgan fingerprint density at radius 1 is 1.20 bits per heavy atom. The van der Waals surface area contributed by atoms with E-state index in [1.807, 2.05) is 20.9 Å². The van der Waals surface area contributed by atoms with Crippen LogP contribution in [0.3, 0.4) is 0 Å². The van der Waals surface area contributed by atoms with Crippen LogP contribution in [0.4, 0.5) is 0 Å². The third-order valence-electron chi connectivity index (χ3n) is 3.59. The second-order valence-corrected chi connectivity index (χ2v) is 7.95. The molecule has 0 bridgehead atoms. The quantitative estimate of drug-likeness (QED) is 0.697. The third-order valence-corrected chi connectivity index (χ3v) is 4.84. The average molecular weight is 305 g/mol. The van der Waals surface area contributed by atoms with E-state index in [-0.39, 0.29) is 12.5 Å². The summed E-state index contributed by atoms with van der Waals surface area (Å²) < 4.78 is 24.8. The molecule has 1 aliphatic heterocycles. The molecule has 0 aromatic rings. The number of hydrogen-bond acceptors (Lipinski definition) is 4. The van der Waals surface area contributed by atoms with Crippen LogP contribution in [0.15, 0.2) is 0 Å². The lowest BCUT2D eigenvalue weighted by molar-refractivity contribution is -0.133. The maximum atomic E-state index is 12.2. The van der Waals surface area contributed by atoms with Crippen LogP contribution < -0.4 is 0 Å². The van der Waals surface area contributed by atoms with Gasteiger partial charge in [-0.2, -0.15) is 4.31 Å². The molecule has 0 aromatic carbocycles. The van der Waals surface area contributed by atoms with Crippen LogP contribution in [0, 0.1) is 5.92 Å². The molecule has 0 radical (unpaired) electrons. The van der Waals surface area contributed by atoms with Gasteiger partial charge >= 0.3 is 0 Å². The van der Waals surface area contributed by atoms with E-state index in [4.69, 9.17) is 0 Å². The molecule has 1 rings (SSSR count). The average Bonchev–Trinajstić information content (AvgIpc) is 2.33. The number of hydrogen-bond donors (Lipinski definition) is 0. The molecule has 7 heteroatoms. The number of carbonyl (C=O) groups is 1. The third kappa shape index (κ3) is 5.76. The monoisotopic (exact) mass is 305 g/mol. The summed E-state index contributed by atoms with van der Waals surface area (Å²) in [4.78, 5) is 16.1. The van der Waals surface area contributed by atoms with Gasteiger partial charge in [-0.25, -0.2) is 8.42 Å². The van der Waals surface area contributed by atoms with Crippen LogP contribution in [0.5, 0.6) is 0 Å². The minimum absolute atomic E-state index is 0.0325. The molecule has 1 fully saturated rings. The lowest BCUT2D eigenvalue weighted by Gasteiger charge is -2.33. The Hall–Kier alpha value is -0.660. The SMILES string of the molecule is CC(C)CCN(CC(=O)N1CCN(C)CC1)S(C)(=O)=O. The fourth-order valence-corrected chi connectivity index (χ4v) is 2.85. The smallest absolute Gasteiger partial charge is 0.237 e. The number of carbonyl (C=O) groups excluding carboxylic acids is 1. The highest BCUT2D eigenvalue weighted by molar-refractivity contribution is 7.88. The van der Waals surface area contributed by atoms with E-state index in [2.05, 4.69) is 4.90 Å². The number of nitrogens with zero attached hydrogens (tertiary/aromatic N) is 3. The highest BCUT2D eigenvalue weighted by atomic mass is 32.2. The number of sulfonamides is 1. The van der Waals surface area contributed by atoms with Gasteiger partial charge in [-0.3, -0.25) is 4.79 Å². The summed E-state index contributed by atoms with van der Waals surface area (Å²) in [5, 5.41) is 0. The maximum absolute atomic E-state index is 12.2. The van der Waals surface area contributed by atoms with Crippen molar-refractivity contribution in [2.24, 2.45) is 5.92 Å². The molecule has 0 atom stereocenters. The first-order chi connectivity index (χ1) is 9.20. The Kier molecular flexibility index (Phi) is 6.42. The summed E-state index contributed by atoms with van der Waals surface area (Å²) in [7, 11) is -1.31. The molecule has 118 valence electrons. The molecule has 1 saturated heterocycles.